The highest BCUT2D eigenvalue weighted by Gasteiger charge is 2.25. The Morgan fingerprint density at radius 2 is 1.71 bits per heavy atom. The van der Waals surface area contributed by atoms with E-state index in [2.05, 4.69) is 15.1 Å². The van der Waals surface area contributed by atoms with E-state index < -0.39 is 0 Å². The summed E-state index contributed by atoms with van der Waals surface area (Å²) in [6.45, 7) is 2.83. The monoisotopic (exact) mass is 322 g/mol. The van der Waals surface area contributed by atoms with Gasteiger partial charge in [0.15, 0.2) is 5.69 Å². The summed E-state index contributed by atoms with van der Waals surface area (Å²) >= 11 is 0. The number of rotatable bonds is 2. The fourth-order valence-electron chi connectivity index (χ4n) is 3.11. The lowest BCUT2D eigenvalue weighted by atomic mass is 10.2. The van der Waals surface area contributed by atoms with Crippen molar-refractivity contribution in [2.45, 2.75) is 0 Å². The van der Waals surface area contributed by atoms with Crippen LogP contribution in [-0.2, 0) is 0 Å². The molecule has 3 aromatic rings. The second-order valence-electron chi connectivity index (χ2n) is 5.91. The summed E-state index contributed by atoms with van der Waals surface area (Å²) in [5.74, 6) is 0.232. The molecule has 6 heteroatoms. The quantitative estimate of drug-likeness (QED) is 0.759. The smallest absolute Gasteiger partial charge is 0.275 e. The highest BCUT2D eigenvalue weighted by molar-refractivity contribution is 6.04. The van der Waals surface area contributed by atoms with Gasteiger partial charge in [0.2, 0.25) is 0 Å². The van der Waals surface area contributed by atoms with Crippen molar-refractivity contribution in [3.05, 3.63) is 54.2 Å². The van der Waals surface area contributed by atoms with Gasteiger partial charge < -0.3 is 14.9 Å². The SMILES string of the molecule is O=C(c1n[nH]c2ccccc12)N1CCN(c2ccc(O)cc2)CC1. The van der Waals surface area contributed by atoms with Gasteiger partial charge in [0.05, 0.1) is 5.52 Å². The maximum Gasteiger partial charge on any atom is 0.275 e. The maximum atomic E-state index is 12.8. The third kappa shape index (κ3) is 2.56. The molecule has 1 fully saturated rings. The fraction of sp³-hybridized carbons (Fsp3) is 0.222. The number of phenols is 1. The molecule has 2 aromatic carbocycles. The lowest BCUT2D eigenvalue weighted by Gasteiger charge is -2.35. The van der Waals surface area contributed by atoms with Crippen LogP contribution in [-0.4, -0.2) is 52.3 Å². The molecule has 0 spiro atoms. The molecule has 0 atom stereocenters. The van der Waals surface area contributed by atoms with Gasteiger partial charge in [0, 0.05) is 37.3 Å². The number of aromatic amines is 1. The Labute approximate surface area is 139 Å². The summed E-state index contributed by atoms with van der Waals surface area (Å²) in [5, 5.41) is 17.4. The minimum Gasteiger partial charge on any atom is -0.508 e. The van der Waals surface area contributed by atoms with Crippen LogP contribution in [0, 0.1) is 0 Å². The van der Waals surface area contributed by atoms with Crippen molar-refractivity contribution in [3.63, 3.8) is 0 Å². The Morgan fingerprint density at radius 1 is 1.00 bits per heavy atom. The first-order valence-electron chi connectivity index (χ1n) is 7.99. The van der Waals surface area contributed by atoms with Crippen molar-refractivity contribution in [1.29, 1.82) is 0 Å². The largest absolute Gasteiger partial charge is 0.508 e. The van der Waals surface area contributed by atoms with Gasteiger partial charge in [0.25, 0.3) is 5.91 Å². The van der Waals surface area contributed by atoms with Gasteiger partial charge in [-0.05, 0) is 30.3 Å². The Kier molecular flexibility index (Phi) is 3.57. The van der Waals surface area contributed by atoms with E-state index in [0.29, 0.717) is 18.8 Å². The molecule has 0 aliphatic carbocycles. The summed E-state index contributed by atoms with van der Waals surface area (Å²) in [4.78, 5) is 16.8. The van der Waals surface area contributed by atoms with E-state index in [0.717, 1.165) is 29.7 Å². The van der Waals surface area contributed by atoms with Crippen LogP contribution in [0.2, 0.25) is 0 Å². The summed E-state index contributed by atoms with van der Waals surface area (Å²) in [6, 6.07) is 14.8. The molecule has 2 heterocycles. The Hall–Kier alpha value is -3.02. The molecule has 1 aliphatic heterocycles. The number of phenolic OH excluding ortho intramolecular Hbond substituents is 1. The number of piperazine rings is 1. The summed E-state index contributed by atoms with van der Waals surface area (Å²) in [7, 11) is 0. The van der Waals surface area contributed by atoms with Gasteiger partial charge in [-0.3, -0.25) is 9.89 Å². The molecule has 1 amide bonds. The molecule has 122 valence electrons. The number of hydrogen-bond acceptors (Lipinski definition) is 4. The second-order valence-corrected chi connectivity index (χ2v) is 5.91. The number of aromatic hydroxyl groups is 1. The van der Waals surface area contributed by atoms with E-state index in [4.69, 9.17) is 0 Å². The number of H-pyrrole nitrogens is 1. The van der Waals surface area contributed by atoms with Crippen LogP contribution in [0.1, 0.15) is 10.5 Å². The van der Waals surface area contributed by atoms with E-state index in [1.54, 1.807) is 12.1 Å². The van der Waals surface area contributed by atoms with Crippen molar-refractivity contribution < 1.29 is 9.90 Å². The van der Waals surface area contributed by atoms with Gasteiger partial charge in [-0.1, -0.05) is 18.2 Å². The molecular formula is C18H18N4O2. The average Bonchev–Trinajstić information content (AvgIpc) is 3.06. The Morgan fingerprint density at radius 3 is 2.46 bits per heavy atom. The molecule has 1 aliphatic rings. The third-order valence-corrected chi connectivity index (χ3v) is 4.45. The first kappa shape index (κ1) is 14.6. The van der Waals surface area contributed by atoms with Crippen LogP contribution in [0.3, 0.4) is 0 Å². The minimum absolute atomic E-state index is 0.0298. The van der Waals surface area contributed by atoms with Crippen LogP contribution in [0.15, 0.2) is 48.5 Å². The topological polar surface area (TPSA) is 72.5 Å². The summed E-state index contributed by atoms with van der Waals surface area (Å²) in [5.41, 5.74) is 2.43. The highest BCUT2D eigenvalue weighted by Crippen LogP contribution is 2.21. The van der Waals surface area contributed by atoms with E-state index >= 15 is 0 Å². The van der Waals surface area contributed by atoms with Crippen molar-refractivity contribution in [2.24, 2.45) is 0 Å². The number of benzene rings is 2. The second kappa shape index (κ2) is 5.88. The summed E-state index contributed by atoms with van der Waals surface area (Å²) < 4.78 is 0. The predicted octanol–water partition coefficient (Wildman–Crippen LogP) is 2.23. The zero-order valence-corrected chi connectivity index (χ0v) is 13.1. The maximum absolute atomic E-state index is 12.8. The third-order valence-electron chi connectivity index (χ3n) is 4.45. The van der Waals surface area contributed by atoms with Crippen LogP contribution in [0.4, 0.5) is 5.69 Å². The number of carbonyl (C=O) groups excluding carboxylic acids is 1. The zero-order valence-electron chi connectivity index (χ0n) is 13.1. The molecule has 0 bridgehead atoms. The van der Waals surface area contributed by atoms with Crippen molar-refractivity contribution >= 4 is 22.5 Å². The Bertz CT molecular complexity index is 864. The van der Waals surface area contributed by atoms with Crippen LogP contribution < -0.4 is 4.90 Å². The van der Waals surface area contributed by atoms with Crippen LogP contribution in [0.25, 0.3) is 10.9 Å². The first-order valence-corrected chi connectivity index (χ1v) is 7.99. The van der Waals surface area contributed by atoms with Crippen molar-refractivity contribution in [1.82, 2.24) is 15.1 Å². The number of nitrogens with one attached hydrogen (secondary N) is 1. The predicted molar refractivity (Wildman–Crippen MR) is 92.3 cm³/mol. The van der Waals surface area contributed by atoms with Gasteiger partial charge in [-0.25, -0.2) is 0 Å². The number of fused-ring (bicyclic) bond motifs is 1. The van der Waals surface area contributed by atoms with Gasteiger partial charge in [0.1, 0.15) is 5.75 Å². The van der Waals surface area contributed by atoms with Crippen LogP contribution in [0.5, 0.6) is 5.75 Å². The number of amides is 1. The number of carbonyl (C=O) groups is 1. The van der Waals surface area contributed by atoms with Gasteiger partial charge in [-0.2, -0.15) is 5.10 Å². The minimum atomic E-state index is -0.0298. The van der Waals surface area contributed by atoms with E-state index in [1.807, 2.05) is 41.3 Å². The average molecular weight is 322 g/mol. The molecule has 4 rings (SSSR count). The molecule has 6 nitrogen and oxygen atoms in total. The fourth-order valence-corrected chi connectivity index (χ4v) is 3.11. The number of para-hydroxylation sites is 1. The number of hydrogen-bond donors (Lipinski definition) is 2. The molecule has 0 unspecified atom stereocenters. The highest BCUT2D eigenvalue weighted by atomic mass is 16.3. The standard InChI is InChI=1S/C18H18N4O2/c23-14-7-5-13(6-8-14)21-9-11-22(12-10-21)18(24)17-15-3-1-2-4-16(15)19-20-17/h1-8,23H,9-12H2,(H,19,20). The number of anilines is 1. The van der Waals surface area contributed by atoms with Gasteiger partial charge in [-0.15, -0.1) is 0 Å². The normalized spacial score (nSPS) is 15.0. The van der Waals surface area contributed by atoms with Gasteiger partial charge >= 0.3 is 0 Å². The van der Waals surface area contributed by atoms with Crippen molar-refractivity contribution in [2.75, 3.05) is 31.1 Å². The molecule has 0 saturated carbocycles. The Balaban J connectivity index is 1.47. The van der Waals surface area contributed by atoms with Crippen LogP contribution >= 0.6 is 0 Å². The zero-order chi connectivity index (χ0) is 16.5. The molecular weight excluding hydrogens is 304 g/mol. The molecule has 0 radical (unpaired) electrons. The number of nitrogens with zero attached hydrogens (tertiary/aromatic N) is 3. The lowest BCUT2D eigenvalue weighted by Crippen LogP contribution is -2.48. The molecule has 1 aromatic heterocycles. The van der Waals surface area contributed by atoms with E-state index in [1.165, 1.54) is 0 Å². The molecule has 24 heavy (non-hydrogen) atoms. The molecule has 2 N–H and O–H groups in total. The van der Waals surface area contributed by atoms with Crippen molar-refractivity contribution in [3.8, 4) is 5.75 Å². The number of aromatic nitrogens is 2. The van der Waals surface area contributed by atoms with E-state index in [-0.39, 0.29) is 11.7 Å². The summed E-state index contributed by atoms with van der Waals surface area (Å²) in [6.07, 6.45) is 0. The molecule has 1 saturated heterocycles. The first-order chi connectivity index (χ1) is 11.7. The lowest BCUT2D eigenvalue weighted by molar-refractivity contribution is 0.0743. The van der Waals surface area contributed by atoms with E-state index in [9.17, 15) is 9.90 Å².